The molecule has 0 saturated carbocycles. The lowest BCUT2D eigenvalue weighted by Gasteiger charge is -2.31. The Morgan fingerprint density at radius 1 is 1.21 bits per heavy atom. The number of benzene rings is 1. The second-order valence-electron chi connectivity index (χ2n) is 6.85. The molecule has 0 spiro atoms. The van der Waals surface area contributed by atoms with Crippen molar-refractivity contribution >= 4 is 29.0 Å². The van der Waals surface area contributed by atoms with Gasteiger partial charge in [0, 0.05) is 24.7 Å². The number of piperidine rings is 1. The molecule has 1 saturated heterocycles. The van der Waals surface area contributed by atoms with Crippen molar-refractivity contribution in [3.63, 3.8) is 0 Å². The number of carbonyl (C=O) groups is 1. The summed E-state index contributed by atoms with van der Waals surface area (Å²) in [6.07, 6.45) is 3.11. The summed E-state index contributed by atoms with van der Waals surface area (Å²) < 4.78 is 10.5. The summed E-state index contributed by atoms with van der Waals surface area (Å²) in [6, 6.07) is 12.7. The molecule has 0 aliphatic carbocycles. The van der Waals surface area contributed by atoms with Crippen molar-refractivity contribution in [3.05, 3.63) is 53.8 Å². The van der Waals surface area contributed by atoms with Crippen LogP contribution in [0, 0.1) is 5.92 Å². The van der Waals surface area contributed by atoms with E-state index in [0.29, 0.717) is 27.9 Å². The highest BCUT2D eigenvalue weighted by Gasteiger charge is 2.26. The maximum Gasteiger partial charge on any atom is 0.227 e. The van der Waals surface area contributed by atoms with Gasteiger partial charge in [-0.3, -0.25) is 4.79 Å². The molecule has 3 aromatic rings. The fourth-order valence-corrected chi connectivity index (χ4v) is 3.67. The van der Waals surface area contributed by atoms with Crippen LogP contribution in [-0.4, -0.2) is 36.3 Å². The van der Waals surface area contributed by atoms with Crippen LogP contribution in [0.25, 0.3) is 11.5 Å². The molecule has 2 aromatic heterocycles. The predicted octanol–water partition coefficient (Wildman–Crippen LogP) is 4.25. The van der Waals surface area contributed by atoms with E-state index in [4.69, 9.17) is 20.8 Å². The monoisotopic (exact) mass is 412 g/mol. The Hall–Kier alpha value is -3.06. The van der Waals surface area contributed by atoms with E-state index in [1.807, 2.05) is 24.3 Å². The van der Waals surface area contributed by atoms with Gasteiger partial charge in [0.25, 0.3) is 0 Å². The number of nitrogens with zero attached hydrogens (tertiary/aromatic N) is 3. The molecule has 1 fully saturated rings. The third kappa shape index (κ3) is 4.35. The second-order valence-corrected chi connectivity index (χ2v) is 7.26. The van der Waals surface area contributed by atoms with Crippen molar-refractivity contribution in [1.29, 1.82) is 0 Å². The van der Waals surface area contributed by atoms with Gasteiger partial charge in [-0.25, -0.2) is 0 Å². The molecule has 150 valence electrons. The molecule has 0 radical (unpaired) electrons. The third-order valence-electron chi connectivity index (χ3n) is 5.03. The molecule has 0 atom stereocenters. The van der Waals surface area contributed by atoms with Gasteiger partial charge in [-0.05, 0) is 55.3 Å². The van der Waals surface area contributed by atoms with Gasteiger partial charge in [0.2, 0.25) is 5.91 Å². The van der Waals surface area contributed by atoms with E-state index in [0.717, 1.165) is 31.7 Å². The van der Waals surface area contributed by atoms with E-state index >= 15 is 0 Å². The minimum absolute atomic E-state index is 0.00475. The number of halogens is 1. The Labute approximate surface area is 173 Å². The van der Waals surface area contributed by atoms with Crippen LogP contribution >= 0.6 is 11.6 Å². The van der Waals surface area contributed by atoms with Crippen LogP contribution in [0.3, 0.4) is 0 Å². The Kier molecular flexibility index (Phi) is 5.67. The number of furan rings is 1. The number of hydrogen-bond donors (Lipinski definition) is 1. The Morgan fingerprint density at radius 3 is 2.66 bits per heavy atom. The fraction of sp³-hybridized carbons (Fsp3) is 0.286. The Balaban J connectivity index is 1.33. The van der Waals surface area contributed by atoms with E-state index in [-0.39, 0.29) is 11.8 Å². The van der Waals surface area contributed by atoms with Gasteiger partial charge < -0.3 is 19.4 Å². The van der Waals surface area contributed by atoms with Crippen LogP contribution in [0.15, 0.2) is 53.1 Å². The summed E-state index contributed by atoms with van der Waals surface area (Å²) in [5, 5.41) is 12.0. The lowest BCUT2D eigenvalue weighted by atomic mass is 9.96. The second kappa shape index (κ2) is 8.53. The zero-order valence-electron chi connectivity index (χ0n) is 16.0. The average Bonchev–Trinajstić information content (AvgIpc) is 3.29. The van der Waals surface area contributed by atoms with Gasteiger partial charge in [-0.2, -0.15) is 0 Å². The molecule has 1 aromatic carbocycles. The summed E-state index contributed by atoms with van der Waals surface area (Å²) in [7, 11) is 1.56. The van der Waals surface area contributed by atoms with Crippen molar-refractivity contribution in [2.24, 2.45) is 5.92 Å². The number of hydrogen-bond acceptors (Lipinski definition) is 6. The maximum absolute atomic E-state index is 12.6. The lowest BCUT2D eigenvalue weighted by molar-refractivity contribution is -0.120. The van der Waals surface area contributed by atoms with E-state index in [9.17, 15) is 4.79 Å². The lowest BCUT2D eigenvalue weighted by Crippen LogP contribution is -2.38. The molecular weight excluding hydrogens is 392 g/mol. The predicted molar refractivity (Wildman–Crippen MR) is 111 cm³/mol. The van der Waals surface area contributed by atoms with Crippen LogP contribution < -0.4 is 15.0 Å². The van der Waals surface area contributed by atoms with Gasteiger partial charge >= 0.3 is 0 Å². The maximum atomic E-state index is 12.6. The summed E-state index contributed by atoms with van der Waals surface area (Å²) in [5.41, 5.74) is 1.37. The number of nitrogens with one attached hydrogen (secondary N) is 1. The van der Waals surface area contributed by atoms with Gasteiger partial charge in [-0.15, -0.1) is 10.2 Å². The van der Waals surface area contributed by atoms with E-state index in [1.54, 1.807) is 31.6 Å². The normalized spacial score (nSPS) is 14.6. The first-order chi connectivity index (χ1) is 14.1. The number of anilines is 2. The number of amides is 1. The first-order valence-electron chi connectivity index (χ1n) is 9.41. The first-order valence-corrected chi connectivity index (χ1v) is 9.79. The fourth-order valence-electron chi connectivity index (χ4n) is 3.41. The molecule has 0 bridgehead atoms. The van der Waals surface area contributed by atoms with E-state index < -0.39 is 0 Å². The minimum atomic E-state index is -0.0533. The molecule has 3 heterocycles. The third-order valence-corrected chi connectivity index (χ3v) is 5.33. The molecule has 4 rings (SSSR count). The number of carbonyl (C=O) groups excluding carboxylic acids is 1. The highest BCUT2D eigenvalue weighted by molar-refractivity contribution is 6.32. The Bertz CT molecular complexity index is 968. The molecule has 1 aliphatic rings. The van der Waals surface area contributed by atoms with Gasteiger partial charge in [-0.1, -0.05) is 11.6 Å². The molecule has 7 nitrogen and oxygen atoms in total. The van der Waals surface area contributed by atoms with Gasteiger partial charge in [0.05, 0.1) is 18.4 Å². The van der Waals surface area contributed by atoms with Gasteiger partial charge in [0.1, 0.15) is 11.4 Å². The average molecular weight is 413 g/mol. The van der Waals surface area contributed by atoms with Crippen LogP contribution in [0.1, 0.15) is 12.8 Å². The Morgan fingerprint density at radius 2 is 2.03 bits per heavy atom. The number of aromatic nitrogens is 2. The topological polar surface area (TPSA) is 80.5 Å². The number of ether oxygens (including phenoxy) is 1. The molecule has 1 aliphatic heterocycles. The van der Waals surface area contributed by atoms with E-state index in [1.165, 1.54) is 0 Å². The zero-order valence-corrected chi connectivity index (χ0v) is 16.7. The smallest absolute Gasteiger partial charge is 0.227 e. The van der Waals surface area contributed by atoms with Crippen LogP contribution in [0.2, 0.25) is 5.02 Å². The molecular formula is C21H21ClN4O3. The highest BCUT2D eigenvalue weighted by Crippen LogP contribution is 2.29. The molecule has 0 unspecified atom stereocenters. The molecule has 29 heavy (non-hydrogen) atoms. The SMILES string of the molecule is COc1ccc(NC(=O)C2CCN(c3ccc(-c4ccco4)nn3)CC2)cc1Cl. The van der Waals surface area contributed by atoms with Crippen LogP contribution in [-0.2, 0) is 4.79 Å². The van der Waals surface area contributed by atoms with E-state index in [2.05, 4.69) is 20.4 Å². The first kappa shape index (κ1) is 19.3. The van der Waals surface area contributed by atoms with Crippen molar-refractivity contribution in [2.75, 3.05) is 30.4 Å². The minimum Gasteiger partial charge on any atom is -0.495 e. The van der Waals surface area contributed by atoms with Crippen LogP contribution in [0.5, 0.6) is 5.75 Å². The summed E-state index contributed by atoms with van der Waals surface area (Å²) >= 11 is 6.13. The standard InChI is InChI=1S/C21H21ClN4O3/c1-28-18-6-4-15(13-16(18)22)23-21(27)14-8-10-26(11-9-14)20-7-5-17(24-25-20)19-3-2-12-29-19/h2-7,12-14H,8-11H2,1H3,(H,23,27). The quantitative estimate of drug-likeness (QED) is 0.674. The molecule has 8 heteroatoms. The number of methoxy groups -OCH3 is 1. The molecule has 1 N–H and O–H groups in total. The summed E-state index contributed by atoms with van der Waals surface area (Å²) in [6.45, 7) is 1.49. The van der Waals surface area contributed by atoms with Crippen molar-refractivity contribution in [1.82, 2.24) is 10.2 Å². The summed E-state index contributed by atoms with van der Waals surface area (Å²) in [5.74, 6) is 2.03. The highest BCUT2D eigenvalue weighted by atomic mass is 35.5. The number of rotatable bonds is 5. The van der Waals surface area contributed by atoms with Crippen molar-refractivity contribution in [2.45, 2.75) is 12.8 Å². The summed E-state index contributed by atoms with van der Waals surface area (Å²) in [4.78, 5) is 14.8. The molecule has 1 amide bonds. The van der Waals surface area contributed by atoms with Crippen molar-refractivity contribution < 1.29 is 13.9 Å². The largest absolute Gasteiger partial charge is 0.495 e. The zero-order chi connectivity index (χ0) is 20.2. The van der Waals surface area contributed by atoms with Crippen molar-refractivity contribution in [3.8, 4) is 17.2 Å². The van der Waals surface area contributed by atoms with Gasteiger partial charge in [0.15, 0.2) is 11.6 Å². The van der Waals surface area contributed by atoms with Crippen LogP contribution in [0.4, 0.5) is 11.5 Å².